The minimum Gasteiger partial charge on any atom is -0.496 e. The van der Waals surface area contributed by atoms with Crippen LogP contribution in [-0.4, -0.2) is 18.3 Å². The van der Waals surface area contributed by atoms with Gasteiger partial charge in [-0.25, -0.2) is 9.18 Å². The number of benzene rings is 2. The van der Waals surface area contributed by atoms with E-state index in [2.05, 4.69) is 21.2 Å². The van der Waals surface area contributed by atoms with Crippen LogP contribution in [0.1, 0.15) is 11.1 Å². The minimum atomic E-state index is -1.21. The first-order valence-electron chi connectivity index (χ1n) is 6.52. The Hall–Kier alpha value is -2.08. The number of methoxy groups -OCH3 is 1. The van der Waals surface area contributed by atoms with Gasteiger partial charge in [0.25, 0.3) is 0 Å². The van der Waals surface area contributed by atoms with Crippen LogP contribution in [0, 0.1) is 12.7 Å². The molecule has 0 fully saturated rings. The summed E-state index contributed by atoms with van der Waals surface area (Å²) in [5, 5.41) is 10.8. The number of halogens is 2. The third-order valence-corrected chi connectivity index (χ3v) is 3.84. The van der Waals surface area contributed by atoms with E-state index >= 15 is 0 Å². The van der Waals surface area contributed by atoms with Gasteiger partial charge < -0.3 is 15.2 Å². The van der Waals surface area contributed by atoms with Gasteiger partial charge in [-0.05, 0) is 41.8 Å². The van der Waals surface area contributed by atoms with Crippen LogP contribution in [0.5, 0.6) is 5.75 Å². The van der Waals surface area contributed by atoms with Crippen molar-refractivity contribution in [2.24, 2.45) is 0 Å². The molecule has 0 unspecified atom stereocenters. The highest BCUT2D eigenvalue weighted by Gasteiger charge is 2.18. The first-order valence-corrected chi connectivity index (χ1v) is 7.32. The third kappa shape index (κ3) is 3.39. The van der Waals surface area contributed by atoms with Crippen LogP contribution in [0.25, 0.3) is 11.1 Å². The highest BCUT2D eigenvalue weighted by Crippen LogP contribution is 2.34. The van der Waals surface area contributed by atoms with E-state index in [4.69, 9.17) is 9.84 Å². The molecule has 22 heavy (non-hydrogen) atoms. The Bertz CT molecular complexity index is 719. The van der Waals surface area contributed by atoms with Crippen molar-refractivity contribution in [3.05, 3.63) is 51.7 Å². The molecule has 0 saturated carbocycles. The van der Waals surface area contributed by atoms with E-state index in [0.717, 1.165) is 10.0 Å². The maximum absolute atomic E-state index is 14.6. The van der Waals surface area contributed by atoms with Gasteiger partial charge in [0.05, 0.1) is 13.7 Å². The fourth-order valence-corrected chi connectivity index (χ4v) is 2.65. The van der Waals surface area contributed by atoms with Gasteiger partial charge in [0.2, 0.25) is 0 Å². The molecule has 0 radical (unpaired) electrons. The number of nitrogens with one attached hydrogen (secondary N) is 1. The zero-order valence-electron chi connectivity index (χ0n) is 12.1. The average Bonchev–Trinajstić information content (AvgIpc) is 2.48. The highest BCUT2D eigenvalue weighted by atomic mass is 79.9. The van der Waals surface area contributed by atoms with Crippen LogP contribution in [0.4, 0.5) is 9.18 Å². The number of rotatable bonds is 4. The molecule has 2 rings (SSSR count). The van der Waals surface area contributed by atoms with E-state index in [1.807, 2.05) is 24.3 Å². The lowest BCUT2D eigenvalue weighted by Crippen LogP contribution is -2.21. The molecular formula is C16H15BrFNO3. The van der Waals surface area contributed by atoms with Crippen molar-refractivity contribution in [2.45, 2.75) is 13.5 Å². The lowest BCUT2D eigenvalue weighted by molar-refractivity contribution is 0.193. The smallest absolute Gasteiger partial charge is 0.404 e. The monoisotopic (exact) mass is 367 g/mol. The van der Waals surface area contributed by atoms with Crippen LogP contribution < -0.4 is 10.1 Å². The van der Waals surface area contributed by atoms with Crippen molar-refractivity contribution in [3.8, 4) is 16.9 Å². The molecular weight excluding hydrogens is 353 g/mol. The summed E-state index contributed by atoms with van der Waals surface area (Å²) < 4.78 is 20.7. The fourth-order valence-electron chi connectivity index (χ4n) is 2.25. The average molecular weight is 368 g/mol. The van der Waals surface area contributed by atoms with Gasteiger partial charge >= 0.3 is 6.09 Å². The second-order valence-corrected chi connectivity index (χ2v) is 5.63. The Labute approximate surface area is 136 Å². The van der Waals surface area contributed by atoms with Gasteiger partial charge in [0.1, 0.15) is 11.6 Å². The van der Waals surface area contributed by atoms with E-state index in [-0.39, 0.29) is 12.1 Å². The van der Waals surface area contributed by atoms with Gasteiger partial charge in [0.15, 0.2) is 0 Å². The number of carbonyl (C=O) groups is 1. The molecule has 4 nitrogen and oxygen atoms in total. The molecule has 2 aromatic rings. The lowest BCUT2D eigenvalue weighted by atomic mass is 9.96. The van der Waals surface area contributed by atoms with Gasteiger partial charge in [-0.3, -0.25) is 0 Å². The molecule has 0 heterocycles. The van der Waals surface area contributed by atoms with Gasteiger partial charge in [-0.15, -0.1) is 0 Å². The summed E-state index contributed by atoms with van der Waals surface area (Å²) in [6.07, 6.45) is -1.21. The molecule has 0 aromatic heterocycles. The number of amides is 1. The Morgan fingerprint density at radius 2 is 2.14 bits per heavy atom. The second-order valence-electron chi connectivity index (χ2n) is 4.71. The van der Waals surface area contributed by atoms with Crippen molar-refractivity contribution in [1.29, 1.82) is 0 Å². The van der Waals surface area contributed by atoms with Gasteiger partial charge in [-0.2, -0.15) is 0 Å². The third-order valence-electron chi connectivity index (χ3n) is 3.34. The van der Waals surface area contributed by atoms with E-state index in [9.17, 15) is 9.18 Å². The van der Waals surface area contributed by atoms with Crippen LogP contribution in [0.3, 0.4) is 0 Å². The molecule has 2 N–H and O–H groups in total. The van der Waals surface area contributed by atoms with Crippen molar-refractivity contribution < 1.29 is 19.0 Å². The van der Waals surface area contributed by atoms with Crippen LogP contribution in [0.15, 0.2) is 34.8 Å². The van der Waals surface area contributed by atoms with Crippen LogP contribution in [0.2, 0.25) is 0 Å². The maximum atomic E-state index is 14.6. The topological polar surface area (TPSA) is 58.6 Å². The number of carboxylic acid groups (broad SMARTS) is 1. The quantitative estimate of drug-likeness (QED) is 0.844. The Kier molecular flexibility index (Phi) is 5.03. The minimum absolute atomic E-state index is 0.149. The standard InChI is InChI=1S/C16H15BrFNO3/c1-9-12(10-4-3-5-11(17)6-10)7-14(22-2)13(15(9)18)8-19-16(20)21/h3-7,19H,8H2,1-2H3,(H,20,21). The lowest BCUT2D eigenvalue weighted by Gasteiger charge is -2.16. The molecule has 116 valence electrons. The Balaban J connectivity index is 2.54. The van der Waals surface area contributed by atoms with Crippen LogP contribution in [-0.2, 0) is 6.54 Å². The number of ether oxygens (including phenoxy) is 1. The summed E-state index contributed by atoms with van der Waals surface area (Å²) in [6.45, 7) is 1.51. The predicted octanol–water partition coefficient (Wildman–Crippen LogP) is 4.34. The molecule has 2 aromatic carbocycles. The summed E-state index contributed by atoms with van der Waals surface area (Å²) in [7, 11) is 1.43. The van der Waals surface area contributed by atoms with Crippen molar-refractivity contribution in [2.75, 3.05) is 7.11 Å². The summed E-state index contributed by atoms with van der Waals surface area (Å²) in [4.78, 5) is 10.6. The largest absolute Gasteiger partial charge is 0.496 e. The second kappa shape index (κ2) is 6.79. The van der Waals surface area contributed by atoms with E-state index < -0.39 is 11.9 Å². The summed E-state index contributed by atoms with van der Waals surface area (Å²) in [5.74, 6) is -0.157. The number of hydrogen-bond donors (Lipinski definition) is 2. The normalized spacial score (nSPS) is 10.4. The van der Waals surface area contributed by atoms with E-state index in [0.29, 0.717) is 16.9 Å². The molecule has 0 aliphatic carbocycles. The van der Waals surface area contributed by atoms with Gasteiger partial charge in [-0.1, -0.05) is 28.1 Å². The Morgan fingerprint density at radius 1 is 1.41 bits per heavy atom. The van der Waals surface area contributed by atoms with Crippen LogP contribution >= 0.6 is 15.9 Å². The maximum Gasteiger partial charge on any atom is 0.404 e. The van der Waals surface area contributed by atoms with Crippen molar-refractivity contribution in [3.63, 3.8) is 0 Å². The van der Waals surface area contributed by atoms with E-state index in [1.54, 1.807) is 13.0 Å². The summed E-state index contributed by atoms with van der Waals surface area (Å²) in [6, 6.07) is 9.23. The number of hydrogen-bond acceptors (Lipinski definition) is 2. The zero-order valence-corrected chi connectivity index (χ0v) is 13.7. The first-order chi connectivity index (χ1) is 10.4. The Morgan fingerprint density at radius 3 is 2.73 bits per heavy atom. The van der Waals surface area contributed by atoms with Gasteiger partial charge in [0, 0.05) is 10.0 Å². The SMILES string of the molecule is COc1cc(-c2cccc(Br)c2)c(C)c(F)c1CNC(=O)O. The highest BCUT2D eigenvalue weighted by molar-refractivity contribution is 9.10. The predicted molar refractivity (Wildman–Crippen MR) is 85.7 cm³/mol. The van der Waals surface area contributed by atoms with Crippen molar-refractivity contribution in [1.82, 2.24) is 5.32 Å². The van der Waals surface area contributed by atoms with E-state index in [1.165, 1.54) is 7.11 Å². The molecule has 0 aliphatic heterocycles. The molecule has 0 aliphatic rings. The fraction of sp³-hybridized carbons (Fsp3) is 0.188. The summed E-state index contributed by atoms with van der Waals surface area (Å²) in [5.41, 5.74) is 2.19. The first kappa shape index (κ1) is 16.3. The molecule has 0 atom stereocenters. The zero-order chi connectivity index (χ0) is 16.3. The molecule has 0 bridgehead atoms. The summed E-state index contributed by atoms with van der Waals surface area (Å²) >= 11 is 3.39. The molecule has 0 spiro atoms. The molecule has 0 saturated heterocycles. The molecule has 6 heteroatoms. The van der Waals surface area contributed by atoms with Crippen molar-refractivity contribution >= 4 is 22.0 Å². The molecule has 1 amide bonds.